The van der Waals surface area contributed by atoms with Gasteiger partial charge in [-0.05, 0) is 29.3 Å². The summed E-state index contributed by atoms with van der Waals surface area (Å²) in [6.07, 6.45) is 0. The zero-order valence-electron chi connectivity index (χ0n) is 14.7. The van der Waals surface area contributed by atoms with Gasteiger partial charge in [0, 0.05) is 0 Å². The second-order valence-corrected chi connectivity index (χ2v) is 6.34. The Morgan fingerprint density at radius 2 is 1.44 bits per heavy atom. The molecule has 136 valence electrons. The zero-order chi connectivity index (χ0) is 19.2. The number of halogens is 1. The van der Waals surface area contributed by atoms with Crippen LogP contribution >= 0.6 is 11.6 Å². The molecule has 0 atom stereocenters. The maximum Gasteiger partial charge on any atom is 0.337 e. The van der Waals surface area contributed by atoms with Gasteiger partial charge in [-0.25, -0.2) is 4.79 Å². The van der Waals surface area contributed by atoms with Gasteiger partial charge in [0.2, 0.25) is 5.91 Å². The van der Waals surface area contributed by atoms with E-state index in [9.17, 15) is 9.59 Å². The summed E-state index contributed by atoms with van der Waals surface area (Å²) >= 11 is 6.22. The Morgan fingerprint density at radius 1 is 0.889 bits per heavy atom. The van der Waals surface area contributed by atoms with Crippen LogP contribution in [0, 0.1) is 0 Å². The number of rotatable bonds is 5. The first-order valence-electron chi connectivity index (χ1n) is 8.39. The van der Waals surface area contributed by atoms with Crippen molar-refractivity contribution in [2.24, 2.45) is 0 Å². The van der Waals surface area contributed by atoms with Gasteiger partial charge in [0.1, 0.15) is 0 Å². The van der Waals surface area contributed by atoms with Gasteiger partial charge in [0.05, 0.1) is 29.3 Å². The van der Waals surface area contributed by atoms with Crippen molar-refractivity contribution in [2.45, 2.75) is 5.92 Å². The number of ether oxygens (including phenoxy) is 1. The van der Waals surface area contributed by atoms with Crippen LogP contribution in [-0.4, -0.2) is 19.0 Å². The van der Waals surface area contributed by atoms with Crippen LogP contribution in [0.15, 0.2) is 78.9 Å². The second-order valence-electron chi connectivity index (χ2n) is 5.93. The van der Waals surface area contributed by atoms with Gasteiger partial charge in [-0.2, -0.15) is 0 Å². The monoisotopic (exact) mass is 379 g/mol. The molecule has 4 nitrogen and oxygen atoms in total. The van der Waals surface area contributed by atoms with E-state index in [-0.39, 0.29) is 5.91 Å². The van der Waals surface area contributed by atoms with Crippen molar-refractivity contribution < 1.29 is 14.3 Å². The molecule has 0 fully saturated rings. The van der Waals surface area contributed by atoms with E-state index < -0.39 is 11.9 Å². The number of hydrogen-bond donors (Lipinski definition) is 1. The Hall–Kier alpha value is -3.11. The van der Waals surface area contributed by atoms with Crippen LogP contribution < -0.4 is 5.32 Å². The SMILES string of the molecule is COC(=O)c1ccc(Cl)c(NC(=O)C(c2ccccc2)c2ccccc2)c1. The van der Waals surface area contributed by atoms with Crippen LogP contribution in [0.25, 0.3) is 0 Å². The molecule has 27 heavy (non-hydrogen) atoms. The lowest BCUT2D eigenvalue weighted by atomic mass is 9.90. The summed E-state index contributed by atoms with van der Waals surface area (Å²) in [6.45, 7) is 0. The van der Waals surface area contributed by atoms with E-state index in [0.717, 1.165) is 11.1 Å². The fraction of sp³-hybridized carbons (Fsp3) is 0.0909. The lowest BCUT2D eigenvalue weighted by Crippen LogP contribution is -2.22. The highest BCUT2D eigenvalue weighted by Gasteiger charge is 2.23. The van der Waals surface area contributed by atoms with Crippen LogP contribution in [0.2, 0.25) is 5.02 Å². The molecule has 0 spiro atoms. The summed E-state index contributed by atoms with van der Waals surface area (Å²) in [4.78, 5) is 24.9. The Bertz CT molecular complexity index is 903. The smallest absolute Gasteiger partial charge is 0.337 e. The molecule has 1 N–H and O–H groups in total. The molecule has 0 radical (unpaired) electrons. The Morgan fingerprint density at radius 3 is 1.96 bits per heavy atom. The average Bonchev–Trinajstić information content (AvgIpc) is 2.71. The molecule has 3 aromatic carbocycles. The van der Waals surface area contributed by atoms with Crippen molar-refractivity contribution in [3.05, 3.63) is 101 Å². The minimum absolute atomic E-state index is 0.240. The highest BCUT2D eigenvalue weighted by molar-refractivity contribution is 6.34. The fourth-order valence-corrected chi connectivity index (χ4v) is 3.02. The number of esters is 1. The summed E-state index contributed by atoms with van der Waals surface area (Å²) in [5.74, 6) is -1.24. The third-order valence-electron chi connectivity index (χ3n) is 4.17. The molecule has 5 heteroatoms. The normalized spacial score (nSPS) is 10.5. The quantitative estimate of drug-likeness (QED) is 0.641. The highest BCUT2D eigenvalue weighted by Crippen LogP contribution is 2.29. The summed E-state index contributed by atoms with van der Waals surface area (Å²) in [5.41, 5.74) is 2.40. The summed E-state index contributed by atoms with van der Waals surface area (Å²) in [5, 5.41) is 3.19. The van der Waals surface area contributed by atoms with Crippen molar-refractivity contribution in [3.63, 3.8) is 0 Å². The van der Waals surface area contributed by atoms with E-state index in [0.29, 0.717) is 16.3 Å². The standard InChI is InChI=1S/C22H18ClNO3/c1-27-22(26)17-12-13-18(23)19(14-17)24-21(25)20(15-8-4-2-5-9-15)16-10-6-3-7-11-16/h2-14,20H,1H3,(H,24,25). The van der Waals surface area contributed by atoms with Crippen LogP contribution in [0.3, 0.4) is 0 Å². The van der Waals surface area contributed by atoms with E-state index >= 15 is 0 Å². The topological polar surface area (TPSA) is 55.4 Å². The van der Waals surface area contributed by atoms with Gasteiger partial charge < -0.3 is 10.1 Å². The predicted octanol–water partition coefficient (Wildman–Crippen LogP) is 4.90. The van der Waals surface area contributed by atoms with Crippen molar-refractivity contribution >= 4 is 29.2 Å². The molecule has 0 bridgehead atoms. The Labute approximate surface area is 162 Å². The minimum Gasteiger partial charge on any atom is -0.465 e. The number of carbonyl (C=O) groups excluding carboxylic acids is 2. The van der Waals surface area contributed by atoms with Crippen molar-refractivity contribution in [1.82, 2.24) is 0 Å². The lowest BCUT2D eigenvalue weighted by molar-refractivity contribution is -0.116. The maximum atomic E-state index is 13.1. The van der Waals surface area contributed by atoms with Crippen LogP contribution in [0.4, 0.5) is 5.69 Å². The molecule has 0 aromatic heterocycles. The number of benzene rings is 3. The average molecular weight is 380 g/mol. The highest BCUT2D eigenvalue weighted by atomic mass is 35.5. The van der Waals surface area contributed by atoms with Crippen LogP contribution in [0.1, 0.15) is 27.4 Å². The van der Waals surface area contributed by atoms with E-state index in [1.54, 1.807) is 12.1 Å². The first-order chi connectivity index (χ1) is 13.1. The molecular weight excluding hydrogens is 362 g/mol. The number of hydrogen-bond acceptors (Lipinski definition) is 3. The minimum atomic E-state index is -0.509. The third kappa shape index (κ3) is 4.36. The van der Waals surface area contributed by atoms with Gasteiger partial charge in [-0.15, -0.1) is 0 Å². The van der Waals surface area contributed by atoms with Crippen molar-refractivity contribution in [2.75, 3.05) is 12.4 Å². The van der Waals surface area contributed by atoms with Gasteiger partial charge in [-0.1, -0.05) is 72.3 Å². The first-order valence-corrected chi connectivity index (χ1v) is 8.76. The van der Waals surface area contributed by atoms with Gasteiger partial charge in [0.15, 0.2) is 0 Å². The van der Waals surface area contributed by atoms with E-state index in [1.807, 2.05) is 60.7 Å². The number of carbonyl (C=O) groups is 2. The molecule has 0 aliphatic carbocycles. The second kappa shape index (κ2) is 8.52. The van der Waals surface area contributed by atoms with E-state index in [4.69, 9.17) is 16.3 Å². The lowest BCUT2D eigenvalue weighted by Gasteiger charge is -2.18. The fourth-order valence-electron chi connectivity index (χ4n) is 2.86. The molecule has 0 unspecified atom stereocenters. The summed E-state index contributed by atoms with van der Waals surface area (Å²) in [7, 11) is 1.30. The molecule has 3 aromatic rings. The maximum absolute atomic E-state index is 13.1. The van der Waals surface area contributed by atoms with Crippen LogP contribution in [-0.2, 0) is 9.53 Å². The van der Waals surface area contributed by atoms with Crippen LogP contribution in [0.5, 0.6) is 0 Å². The number of anilines is 1. The molecular formula is C22H18ClNO3. The number of nitrogens with one attached hydrogen (secondary N) is 1. The predicted molar refractivity (Wildman–Crippen MR) is 106 cm³/mol. The molecule has 0 aliphatic rings. The van der Waals surface area contributed by atoms with E-state index in [2.05, 4.69) is 5.32 Å². The molecule has 1 amide bonds. The molecule has 0 aliphatic heterocycles. The number of amides is 1. The van der Waals surface area contributed by atoms with E-state index in [1.165, 1.54) is 13.2 Å². The Kier molecular flexibility index (Phi) is 5.89. The van der Waals surface area contributed by atoms with Crippen molar-refractivity contribution in [1.29, 1.82) is 0 Å². The first kappa shape index (κ1) is 18.7. The summed E-state index contributed by atoms with van der Waals surface area (Å²) in [6, 6.07) is 23.6. The Balaban J connectivity index is 1.95. The van der Waals surface area contributed by atoms with Gasteiger partial charge in [0.25, 0.3) is 0 Å². The van der Waals surface area contributed by atoms with Gasteiger partial charge in [-0.3, -0.25) is 4.79 Å². The molecule has 3 rings (SSSR count). The molecule has 0 heterocycles. The third-order valence-corrected chi connectivity index (χ3v) is 4.50. The summed E-state index contributed by atoms with van der Waals surface area (Å²) < 4.78 is 4.73. The number of methoxy groups -OCH3 is 1. The molecule has 0 saturated heterocycles. The molecule has 0 saturated carbocycles. The largest absolute Gasteiger partial charge is 0.465 e. The van der Waals surface area contributed by atoms with Crippen molar-refractivity contribution in [3.8, 4) is 0 Å². The zero-order valence-corrected chi connectivity index (χ0v) is 15.4. The van der Waals surface area contributed by atoms with Gasteiger partial charge >= 0.3 is 5.97 Å².